The van der Waals surface area contributed by atoms with Crippen molar-refractivity contribution in [3.63, 3.8) is 0 Å². The molecule has 0 bridgehead atoms. The van der Waals surface area contributed by atoms with E-state index in [-0.39, 0.29) is 5.97 Å². The highest BCUT2D eigenvalue weighted by atomic mass is 32.2. The number of hydrogen-bond acceptors (Lipinski definition) is 4. The maximum absolute atomic E-state index is 11.0. The molecule has 2 aromatic rings. The molecule has 138 valence electrons. The Labute approximate surface area is 164 Å². The number of anilines is 1. The van der Waals surface area contributed by atoms with E-state index in [0.717, 1.165) is 5.69 Å². The summed E-state index contributed by atoms with van der Waals surface area (Å²) in [6, 6.07) is 14.7. The molecule has 2 N–H and O–H groups in total. The molecule has 0 heterocycles. The van der Waals surface area contributed by atoms with Crippen molar-refractivity contribution < 1.29 is 9.53 Å². The van der Waals surface area contributed by atoms with Crippen molar-refractivity contribution in [2.45, 2.75) is 36.5 Å². The summed E-state index contributed by atoms with van der Waals surface area (Å²) in [6.07, 6.45) is 1.07. The van der Waals surface area contributed by atoms with Crippen LogP contribution in [0.4, 0.5) is 5.69 Å². The Morgan fingerprint density at radius 1 is 1.15 bits per heavy atom. The van der Waals surface area contributed by atoms with E-state index in [0.29, 0.717) is 24.5 Å². The van der Waals surface area contributed by atoms with Crippen molar-refractivity contribution in [2.75, 3.05) is 19.0 Å². The molecular formula is C20H24N2O2S2. The number of nitrogens with one attached hydrogen (secondary N) is 2. The van der Waals surface area contributed by atoms with Crippen molar-refractivity contribution in [3.8, 4) is 0 Å². The Balaban J connectivity index is 1.82. The monoisotopic (exact) mass is 388 g/mol. The van der Waals surface area contributed by atoms with Gasteiger partial charge in [-0.1, -0.05) is 23.9 Å². The van der Waals surface area contributed by atoms with Gasteiger partial charge in [0.1, 0.15) is 0 Å². The fourth-order valence-corrected chi connectivity index (χ4v) is 3.48. The average Bonchev–Trinajstić information content (AvgIpc) is 2.63. The van der Waals surface area contributed by atoms with Gasteiger partial charge in [0.2, 0.25) is 0 Å². The second-order valence-electron chi connectivity index (χ2n) is 5.96. The van der Waals surface area contributed by atoms with E-state index in [1.165, 1.54) is 28.0 Å². The van der Waals surface area contributed by atoms with Crippen LogP contribution in [0.3, 0.4) is 0 Å². The topological polar surface area (TPSA) is 50.4 Å². The van der Waals surface area contributed by atoms with Gasteiger partial charge >= 0.3 is 5.97 Å². The van der Waals surface area contributed by atoms with Crippen LogP contribution in [-0.2, 0) is 9.53 Å². The van der Waals surface area contributed by atoms with Crippen molar-refractivity contribution in [2.24, 2.45) is 0 Å². The Morgan fingerprint density at radius 2 is 1.88 bits per heavy atom. The number of rotatable bonds is 7. The third kappa shape index (κ3) is 6.69. The maximum atomic E-state index is 11.0. The van der Waals surface area contributed by atoms with E-state index in [4.69, 9.17) is 12.2 Å². The van der Waals surface area contributed by atoms with Crippen molar-refractivity contribution in [1.29, 1.82) is 0 Å². The number of carbonyl (C=O) groups excluding carboxylic acids is 1. The zero-order chi connectivity index (χ0) is 18.9. The van der Waals surface area contributed by atoms with Crippen molar-refractivity contribution in [3.05, 3.63) is 53.6 Å². The van der Waals surface area contributed by atoms with Crippen LogP contribution in [0.15, 0.2) is 52.3 Å². The van der Waals surface area contributed by atoms with Crippen LogP contribution in [-0.4, -0.2) is 24.7 Å². The van der Waals surface area contributed by atoms with Crippen LogP contribution in [0.1, 0.15) is 24.0 Å². The lowest BCUT2D eigenvalue weighted by molar-refractivity contribution is -0.140. The standard InChI is InChI=1S/C20H24N2O2S2/c1-14-6-7-15(2)18(13-14)26-17-10-8-16(9-11-17)22-20(25)21-12-4-5-19(23)24-3/h6-11,13H,4-5,12H2,1-3H3,(H2,21,22,25). The van der Waals surface area contributed by atoms with E-state index in [1.807, 2.05) is 12.1 Å². The number of carbonyl (C=O) groups is 1. The Morgan fingerprint density at radius 3 is 2.58 bits per heavy atom. The Hall–Kier alpha value is -2.05. The van der Waals surface area contributed by atoms with Gasteiger partial charge in [0.05, 0.1) is 7.11 Å². The van der Waals surface area contributed by atoms with Gasteiger partial charge in [-0.25, -0.2) is 0 Å². The summed E-state index contributed by atoms with van der Waals surface area (Å²) < 4.78 is 4.60. The average molecular weight is 389 g/mol. The number of methoxy groups -OCH3 is 1. The predicted octanol–water partition coefficient (Wildman–Crippen LogP) is 4.69. The van der Waals surface area contributed by atoms with Gasteiger partial charge in [-0.15, -0.1) is 0 Å². The molecule has 0 aliphatic rings. The third-order valence-electron chi connectivity index (χ3n) is 3.75. The minimum Gasteiger partial charge on any atom is -0.469 e. The molecule has 0 amide bonds. The van der Waals surface area contributed by atoms with Gasteiger partial charge < -0.3 is 15.4 Å². The molecule has 0 aromatic heterocycles. The van der Waals surface area contributed by atoms with Gasteiger partial charge in [0.15, 0.2) is 5.11 Å². The van der Waals surface area contributed by atoms with Crippen LogP contribution < -0.4 is 10.6 Å². The molecule has 6 heteroatoms. The Bertz CT molecular complexity index is 761. The number of ether oxygens (including phenoxy) is 1. The number of aryl methyl sites for hydroxylation is 2. The van der Waals surface area contributed by atoms with Crippen LogP contribution in [0.2, 0.25) is 0 Å². The third-order valence-corrected chi connectivity index (χ3v) is 5.17. The summed E-state index contributed by atoms with van der Waals surface area (Å²) in [7, 11) is 1.39. The highest BCUT2D eigenvalue weighted by Gasteiger charge is 2.04. The molecule has 2 rings (SSSR count). The first-order valence-corrected chi connectivity index (χ1v) is 9.67. The maximum Gasteiger partial charge on any atom is 0.305 e. The van der Waals surface area contributed by atoms with Crippen molar-refractivity contribution in [1.82, 2.24) is 5.32 Å². The van der Waals surface area contributed by atoms with E-state index in [9.17, 15) is 4.79 Å². The molecular weight excluding hydrogens is 364 g/mol. The lowest BCUT2D eigenvalue weighted by Gasteiger charge is -2.11. The normalized spacial score (nSPS) is 10.3. The van der Waals surface area contributed by atoms with Crippen LogP contribution in [0.25, 0.3) is 0 Å². The zero-order valence-electron chi connectivity index (χ0n) is 15.3. The molecule has 0 radical (unpaired) electrons. The SMILES string of the molecule is COC(=O)CCCNC(=S)Nc1ccc(Sc2cc(C)ccc2C)cc1. The fourth-order valence-electron chi connectivity index (χ4n) is 2.26. The molecule has 0 saturated carbocycles. The second-order valence-corrected chi connectivity index (χ2v) is 7.48. The smallest absolute Gasteiger partial charge is 0.305 e. The highest BCUT2D eigenvalue weighted by molar-refractivity contribution is 7.99. The molecule has 26 heavy (non-hydrogen) atoms. The summed E-state index contributed by atoms with van der Waals surface area (Å²) in [6.45, 7) is 4.86. The van der Waals surface area contributed by atoms with Gasteiger partial charge in [0.25, 0.3) is 0 Å². The molecule has 0 spiro atoms. The molecule has 0 aliphatic heterocycles. The van der Waals surface area contributed by atoms with Crippen LogP contribution in [0, 0.1) is 13.8 Å². The van der Waals surface area contributed by atoms with Gasteiger partial charge in [-0.3, -0.25) is 4.79 Å². The van der Waals surface area contributed by atoms with Crippen molar-refractivity contribution >= 4 is 40.7 Å². The Kier molecular flexibility index (Phi) is 7.94. The lowest BCUT2D eigenvalue weighted by atomic mass is 10.2. The molecule has 4 nitrogen and oxygen atoms in total. The number of esters is 1. The van der Waals surface area contributed by atoms with E-state index >= 15 is 0 Å². The predicted molar refractivity (Wildman–Crippen MR) is 112 cm³/mol. The van der Waals surface area contributed by atoms with E-state index in [1.54, 1.807) is 11.8 Å². The molecule has 2 aromatic carbocycles. The zero-order valence-corrected chi connectivity index (χ0v) is 16.9. The highest BCUT2D eigenvalue weighted by Crippen LogP contribution is 2.31. The number of thiocarbonyl (C=S) groups is 1. The molecule has 0 fully saturated rings. The lowest BCUT2D eigenvalue weighted by Crippen LogP contribution is -2.29. The summed E-state index contributed by atoms with van der Waals surface area (Å²) in [4.78, 5) is 13.5. The second kappa shape index (κ2) is 10.2. The van der Waals surface area contributed by atoms with E-state index in [2.05, 4.69) is 59.5 Å². The number of benzene rings is 2. The first kappa shape index (κ1) is 20.3. The minimum atomic E-state index is -0.206. The summed E-state index contributed by atoms with van der Waals surface area (Å²) >= 11 is 7.03. The molecule has 0 saturated heterocycles. The molecule has 0 atom stereocenters. The number of hydrogen-bond donors (Lipinski definition) is 2. The van der Waals surface area contributed by atoms with Crippen LogP contribution >= 0.6 is 24.0 Å². The minimum absolute atomic E-state index is 0.206. The summed E-state index contributed by atoms with van der Waals surface area (Å²) in [5, 5.41) is 6.78. The fraction of sp³-hybridized carbons (Fsp3) is 0.300. The molecule has 0 aliphatic carbocycles. The van der Waals surface area contributed by atoms with Gasteiger partial charge in [0, 0.05) is 28.4 Å². The first-order chi connectivity index (χ1) is 12.5. The molecule has 0 unspecified atom stereocenters. The van der Waals surface area contributed by atoms with E-state index < -0.39 is 0 Å². The van der Waals surface area contributed by atoms with Gasteiger partial charge in [-0.2, -0.15) is 0 Å². The van der Waals surface area contributed by atoms with Gasteiger partial charge in [-0.05, 0) is 73.9 Å². The largest absolute Gasteiger partial charge is 0.469 e. The summed E-state index contributed by atoms with van der Waals surface area (Å²) in [5.74, 6) is -0.206. The van der Waals surface area contributed by atoms with Crippen LogP contribution in [0.5, 0.6) is 0 Å². The first-order valence-electron chi connectivity index (χ1n) is 8.45. The summed E-state index contributed by atoms with van der Waals surface area (Å²) in [5.41, 5.74) is 3.47. The quantitative estimate of drug-likeness (QED) is 0.408.